The highest BCUT2D eigenvalue weighted by atomic mass is 16.2. The van der Waals surface area contributed by atoms with Crippen molar-refractivity contribution in [3.63, 3.8) is 0 Å². The topological polar surface area (TPSA) is 110 Å². The molecular formula is C21H19N5O3. The normalized spacial score (nSPS) is 18.4. The summed E-state index contributed by atoms with van der Waals surface area (Å²) in [5.74, 6) is -0.776. The smallest absolute Gasteiger partial charge is 0.255 e. The largest absolute Gasteiger partial charge is 0.392 e. The molecule has 1 unspecified atom stereocenters. The van der Waals surface area contributed by atoms with E-state index in [1.165, 1.54) is 4.90 Å². The van der Waals surface area contributed by atoms with E-state index in [1.54, 1.807) is 6.07 Å². The average molecular weight is 389 g/mol. The fourth-order valence-electron chi connectivity index (χ4n) is 3.97. The van der Waals surface area contributed by atoms with E-state index in [0.29, 0.717) is 29.9 Å². The first kappa shape index (κ1) is 18.6. The number of fused-ring (bicyclic) bond motifs is 1. The van der Waals surface area contributed by atoms with Crippen LogP contribution in [0.1, 0.15) is 39.9 Å². The SMILES string of the molecule is [C-]#[N+]c1c(C)cc(-c2cc3c(cc2C)C(=O)N(C2CCC(=O)NC2=O)C3)nc1N. The number of piperidine rings is 1. The van der Waals surface area contributed by atoms with Crippen molar-refractivity contribution in [2.45, 2.75) is 39.3 Å². The number of amides is 3. The molecule has 0 saturated carbocycles. The van der Waals surface area contributed by atoms with Crippen molar-refractivity contribution in [2.24, 2.45) is 0 Å². The number of nitrogens with one attached hydrogen (secondary N) is 1. The Kier molecular flexibility index (Phi) is 4.31. The molecule has 1 fully saturated rings. The number of imide groups is 1. The molecule has 3 amide bonds. The van der Waals surface area contributed by atoms with Gasteiger partial charge in [-0.25, -0.2) is 9.83 Å². The summed E-state index contributed by atoms with van der Waals surface area (Å²) >= 11 is 0. The van der Waals surface area contributed by atoms with Gasteiger partial charge in [0.05, 0.1) is 12.3 Å². The fraction of sp³-hybridized carbons (Fsp3) is 0.286. The molecule has 146 valence electrons. The molecule has 1 saturated heterocycles. The van der Waals surface area contributed by atoms with Gasteiger partial charge in [-0.1, -0.05) is 0 Å². The van der Waals surface area contributed by atoms with Crippen molar-refractivity contribution in [1.82, 2.24) is 15.2 Å². The maximum atomic E-state index is 12.9. The van der Waals surface area contributed by atoms with Crippen molar-refractivity contribution in [2.75, 3.05) is 5.73 Å². The first-order chi connectivity index (χ1) is 13.8. The fourth-order valence-corrected chi connectivity index (χ4v) is 3.97. The van der Waals surface area contributed by atoms with Crippen LogP contribution >= 0.6 is 0 Å². The van der Waals surface area contributed by atoms with Gasteiger partial charge in [0.2, 0.25) is 17.5 Å². The maximum absolute atomic E-state index is 12.9. The lowest BCUT2D eigenvalue weighted by atomic mass is 9.97. The lowest BCUT2D eigenvalue weighted by molar-refractivity contribution is -0.136. The lowest BCUT2D eigenvalue weighted by Crippen LogP contribution is -2.52. The number of carbonyl (C=O) groups excluding carboxylic acids is 3. The van der Waals surface area contributed by atoms with Crippen LogP contribution < -0.4 is 11.1 Å². The van der Waals surface area contributed by atoms with Gasteiger partial charge in [0.1, 0.15) is 11.9 Å². The van der Waals surface area contributed by atoms with E-state index >= 15 is 0 Å². The van der Waals surface area contributed by atoms with Crippen LogP contribution in [0, 0.1) is 20.4 Å². The molecule has 0 spiro atoms. The standard InChI is InChI=1S/C21H19N5O3/c1-10-6-14-12(8-13(10)15-7-11(2)18(23-3)19(22)24-15)9-26(21(14)29)16-4-5-17(27)25-20(16)28/h6-8,16H,4-5,9H2,1-2H3,(H2,22,24)(H,25,27,28). The van der Waals surface area contributed by atoms with Gasteiger partial charge < -0.3 is 10.6 Å². The Morgan fingerprint density at radius 1 is 1.17 bits per heavy atom. The minimum Gasteiger partial charge on any atom is -0.392 e. The lowest BCUT2D eigenvalue weighted by Gasteiger charge is -2.29. The molecule has 3 N–H and O–H groups in total. The summed E-state index contributed by atoms with van der Waals surface area (Å²) in [6.45, 7) is 11.2. The van der Waals surface area contributed by atoms with Gasteiger partial charge >= 0.3 is 0 Å². The quantitative estimate of drug-likeness (QED) is 0.605. The highest BCUT2D eigenvalue weighted by molar-refractivity contribution is 6.05. The molecular weight excluding hydrogens is 370 g/mol. The van der Waals surface area contributed by atoms with Crippen LogP contribution in [0.15, 0.2) is 18.2 Å². The molecule has 0 radical (unpaired) electrons. The van der Waals surface area contributed by atoms with Crippen LogP contribution in [-0.2, 0) is 16.1 Å². The number of nitrogens with two attached hydrogens (primary N) is 1. The highest BCUT2D eigenvalue weighted by Crippen LogP contribution is 2.35. The number of hydrogen-bond donors (Lipinski definition) is 2. The molecule has 8 heteroatoms. The number of benzene rings is 1. The predicted octanol–water partition coefficient (Wildman–Crippen LogP) is 2.26. The van der Waals surface area contributed by atoms with Gasteiger partial charge in [0.15, 0.2) is 0 Å². The molecule has 29 heavy (non-hydrogen) atoms. The van der Waals surface area contributed by atoms with Gasteiger partial charge in [0, 0.05) is 24.1 Å². The van der Waals surface area contributed by atoms with E-state index in [4.69, 9.17) is 12.3 Å². The number of rotatable bonds is 2. The zero-order chi connectivity index (χ0) is 20.9. The summed E-state index contributed by atoms with van der Waals surface area (Å²) in [6.07, 6.45) is 0.544. The first-order valence-corrected chi connectivity index (χ1v) is 9.23. The summed E-state index contributed by atoms with van der Waals surface area (Å²) < 4.78 is 0. The van der Waals surface area contributed by atoms with Crippen LogP contribution in [0.2, 0.25) is 0 Å². The van der Waals surface area contributed by atoms with Crippen molar-refractivity contribution in [3.05, 3.63) is 51.9 Å². The maximum Gasteiger partial charge on any atom is 0.255 e. The molecule has 1 atom stereocenters. The molecule has 2 aliphatic rings. The Bertz CT molecular complexity index is 1110. The predicted molar refractivity (Wildman–Crippen MR) is 106 cm³/mol. The molecule has 1 aromatic carbocycles. The second kappa shape index (κ2) is 6.71. The monoisotopic (exact) mass is 389 g/mol. The van der Waals surface area contributed by atoms with Gasteiger partial charge in [-0.2, -0.15) is 0 Å². The Balaban J connectivity index is 1.71. The molecule has 2 aromatic rings. The summed E-state index contributed by atoms with van der Waals surface area (Å²) in [6, 6.07) is 4.86. The second-order valence-corrected chi connectivity index (χ2v) is 7.39. The van der Waals surface area contributed by atoms with Crippen LogP contribution in [0.25, 0.3) is 16.1 Å². The first-order valence-electron chi connectivity index (χ1n) is 9.23. The number of carbonyl (C=O) groups is 3. The number of nitrogens with zero attached hydrogens (tertiary/aromatic N) is 3. The van der Waals surface area contributed by atoms with Crippen molar-refractivity contribution < 1.29 is 14.4 Å². The molecule has 4 rings (SSSR count). The number of nitrogen functional groups attached to an aromatic ring is 1. The molecule has 0 aliphatic carbocycles. The third-order valence-corrected chi connectivity index (χ3v) is 5.47. The van der Waals surface area contributed by atoms with Crippen molar-refractivity contribution >= 4 is 29.2 Å². The molecule has 3 heterocycles. The third-order valence-electron chi connectivity index (χ3n) is 5.47. The summed E-state index contributed by atoms with van der Waals surface area (Å²) in [5.41, 5.74) is 10.7. The molecule has 0 bridgehead atoms. The molecule has 2 aliphatic heterocycles. The van der Waals surface area contributed by atoms with Crippen LogP contribution in [0.5, 0.6) is 0 Å². The number of hydrogen-bond acceptors (Lipinski definition) is 5. The van der Waals surface area contributed by atoms with Gasteiger partial charge in [0.25, 0.3) is 5.91 Å². The van der Waals surface area contributed by atoms with E-state index in [1.807, 2.05) is 26.0 Å². The number of pyridine rings is 1. The minimum atomic E-state index is -0.648. The number of anilines is 1. The summed E-state index contributed by atoms with van der Waals surface area (Å²) in [5, 5.41) is 2.31. The van der Waals surface area contributed by atoms with Crippen LogP contribution in [0.3, 0.4) is 0 Å². The average Bonchev–Trinajstić information content (AvgIpc) is 2.96. The Morgan fingerprint density at radius 3 is 2.59 bits per heavy atom. The van der Waals surface area contributed by atoms with Gasteiger partial charge in [-0.15, -0.1) is 0 Å². The second-order valence-electron chi connectivity index (χ2n) is 7.39. The minimum absolute atomic E-state index is 0.177. The van der Waals surface area contributed by atoms with E-state index in [-0.39, 0.29) is 24.1 Å². The zero-order valence-electron chi connectivity index (χ0n) is 16.1. The Hall–Kier alpha value is -3.73. The Labute approximate surface area is 167 Å². The van der Waals surface area contributed by atoms with Gasteiger partial charge in [-0.3, -0.25) is 19.7 Å². The zero-order valence-corrected chi connectivity index (χ0v) is 16.1. The Morgan fingerprint density at radius 2 is 1.93 bits per heavy atom. The van der Waals surface area contributed by atoms with Crippen LogP contribution in [-0.4, -0.2) is 33.6 Å². The number of aryl methyl sites for hydroxylation is 2. The van der Waals surface area contributed by atoms with Crippen molar-refractivity contribution in [1.29, 1.82) is 0 Å². The summed E-state index contributed by atoms with van der Waals surface area (Å²) in [4.78, 5) is 45.8. The van der Waals surface area contributed by atoms with Crippen LogP contribution in [0.4, 0.5) is 11.5 Å². The summed E-state index contributed by atoms with van der Waals surface area (Å²) in [7, 11) is 0. The van der Waals surface area contributed by atoms with Crippen molar-refractivity contribution in [3.8, 4) is 11.3 Å². The molecule has 1 aromatic heterocycles. The third kappa shape index (κ3) is 3.01. The number of aromatic nitrogens is 1. The van der Waals surface area contributed by atoms with E-state index in [2.05, 4.69) is 15.1 Å². The molecule has 8 nitrogen and oxygen atoms in total. The van der Waals surface area contributed by atoms with E-state index in [9.17, 15) is 14.4 Å². The highest BCUT2D eigenvalue weighted by Gasteiger charge is 2.39. The van der Waals surface area contributed by atoms with Gasteiger partial charge in [-0.05, 0) is 55.2 Å². The van der Waals surface area contributed by atoms with E-state index < -0.39 is 11.9 Å². The van der Waals surface area contributed by atoms with E-state index in [0.717, 1.165) is 22.3 Å².